The molecule has 92 valence electrons. The van der Waals surface area contributed by atoms with Gasteiger partial charge in [-0.25, -0.2) is 0 Å². The number of hydrogen-bond acceptors (Lipinski definition) is 2. The lowest BCUT2D eigenvalue weighted by Gasteiger charge is -2.25. The van der Waals surface area contributed by atoms with Crippen molar-refractivity contribution in [1.29, 1.82) is 0 Å². The van der Waals surface area contributed by atoms with E-state index in [1.807, 2.05) is 11.8 Å². The van der Waals surface area contributed by atoms with Crippen molar-refractivity contribution in [3.63, 3.8) is 0 Å². The molecule has 1 N–H and O–H groups in total. The molecule has 0 spiro atoms. The molecule has 0 amide bonds. The fourth-order valence-corrected chi connectivity index (χ4v) is 1.65. The molecule has 0 aromatic carbocycles. The maximum Gasteiger partial charge on any atom is 0.0225 e. The summed E-state index contributed by atoms with van der Waals surface area (Å²) < 4.78 is 0.367. The second-order valence-corrected chi connectivity index (χ2v) is 7.08. The quantitative estimate of drug-likeness (QED) is 0.679. The Labute approximate surface area is 101 Å². The monoisotopic (exact) mass is 231 g/mol. The van der Waals surface area contributed by atoms with E-state index >= 15 is 0 Å². The molecule has 0 saturated heterocycles. The Hall–Kier alpha value is 0.310. The van der Waals surface area contributed by atoms with Gasteiger partial charge in [-0.3, -0.25) is 0 Å². The van der Waals surface area contributed by atoms with Crippen molar-refractivity contribution >= 4 is 11.8 Å². The summed E-state index contributed by atoms with van der Waals surface area (Å²) in [5, 5.41) is 3.63. The molecule has 0 aliphatic rings. The molecule has 1 unspecified atom stereocenters. The van der Waals surface area contributed by atoms with E-state index in [-0.39, 0.29) is 0 Å². The molecule has 15 heavy (non-hydrogen) atoms. The predicted octanol–water partition coefficient (Wildman–Crippen LogP) is 3.93. The third-order valence-electron chi connectivity index (χ3n) is 2.85. The Balaban J connectivity index is 3.53. The third-order valence-corrected chi connectivity index (χ3v) is 4.10. The van der Waals surface area contributed by atoms with Gasteiger partial charge in [-0.2, -0.15) is 11.8 Å². The van der Waals surface area contributed by atoms with Crippen LogP contribution >= 0.6 is 11.8 Å². The van der Waals surface area contributed by atoms with E-state index < -0.39 is 0 Å². The zero-order chi connectivity index (χ0) is 11.9. The van der Waals surface area contributed by atoms with Crippen molar-refractivity contribution in [2.75, 3.05) is 12.8 Å². The van der Waals surface area contributed by atoms with Crippen LogP contribution in [-0.4, -0.2) is 23.6 Å². The van der Waals surface area contributed by atoms with Crippen molar-refractivity contribution in [2.24, 2.45) is 5.92 Å². The van der Waals surface area contributed by atoms with Gasteiger partial charge in [-0.1, -0.05) is 26.7 Å². The summed E-state index contributed by atoms with van der Waals surface area (Å²) in [6.07, 6.45) is 6.21. The molecule has 0 bridgehead atoms. The summed E-state index contributed by atoms with van der Waals surface area (Å²) in [4.78, 5) is 0. The zero-order valence-corrected chi connectivity index (χ0v) is 12.2. The smallest absolute Gasteiger partial charge is 0.0225 e. The Morgan fingerprint density at radius 2 is 1.73 bits per heavy atom. The summed E-state index contributed by atoms with van der Waals surface area (Å²) in [7, 11) is 0. The lowest BCUT2D eigenvalue weighted by Crippen LogP contribution is -2.37. The molecule has 1 nitrogen and oxygen atoms in total. The summed E-state index contributed by atoms with van der Waals surface area (Å²) in [6, 6.07) is 0.662. The van der Waals surface area contributed by atoms with Crippen molar-refractivity contribution in [3.05, 3.63) is 0 Å². The largest absolute Gasteiger partial charge is 0.313 e. The van der Waals surface area contributed by atoms with Crippen LogP contribution in [0.5, 0.6) is 0 Å². The zero-order valence-electron chi connectivity index (χ0n) is 11.4. The third kappa shape index (κ3) is 9.25. The van der Waals surface area contributed by atoms with E-state index in [0.29, 0.717) is 10.8 Å². The standard InChI is InChI=1S/C13H29NS/c1-11(2)8-7-9-12(3)14-10-13(4,5)15-6/h11-12,14H,7-10H2,1-6H3. The molecule has 0 aromatic rings. The van der Waals surface area contributed by atoms with Crippen LogP contribution in [0.2, 0.25) is 0 Å². The molecular weight excluding hydrogens is 202 g/mol. The van der Waals surface area contributed by atoms with Crippen LogP contribution in [0, 0.1) is 5.92 Å². The predicted molar refractivity (Wildman–Crippen MR) is 73.7 cm³/mol. The van der Waals surface area contributed by atoms with Crippen LogP contribution in [0.1, 0.15) is 53.9 Å². The van der Waals surface area contributed by atoms with Crippen LogP contribution in [0.15, 0.2) is 0 Å². The van der Waals surface area contributed by atoms with Crippen molar-refractivity contribution in [1.82, 2.24) is 5.32 Å². The molecule has 0 aliphatic heterocycles. The van der Waals surface area contributed by atoms with Crippen LogP contribution < -0.4 is 5.32 Å². The Kier molecular flexibility index (Phi) is 7.72. The normalized spacial score (nSPS) is 14.6. The lowest BCUT2D eigenvalue weighted by molar-refractivity contribution is 0.443. The van der Waals surface area contributed by atoms with Gasteiger partial charge in [-0.05, 0) is 39.4 Å². The van der Waals surface area contributed by atoms with Gasteiger partial charge >= 0.3 is 0 Å². The van der Waals surface area contributed by atoms with E-state index in [0.717, 1.165) is 12.5 Å². The highest BCUT2D eigenvalue weighted by Gasteiger charge is 2.16. The van der Waals surface area contributed by atoms with Crippen LogP contribution in [-0.2, 0) is 0 Å². The minimum absolute atomic E-state index is 0.367. The molecular formula is C13H29NS. The van der Waals surface area contributed by atoms with Gasteiger partial charge < -0.3 is 5.32 Å². The van der Waals surface area contributed by atoms with Gasteiger partial charge in [0.25, 0.3) is 0 Å². The number of nitrogens with one attached hydrogen (secondary N) is 1. The van der Waals surface area contributed by atoms with Crippen LogP contribution in [0.3, 0.4) is 0 Å². The molecule has 0 radical (unpaired) electrons. The Morgan fingerprint density at radius 3 is 2.20 bits per heavy atom. The van der Waals surface area contributed by atoms with E-state index in [1.165, 1.54) is 19.3 Å². The van der Waals surface area contributed by atoms with Gasteiger partial charge in [0.1, 0.15) is 0 Å². The number of hydrogen-bond donors (Lipinski definition) is 1. The van der Waals surface area contributed by atoms with Crippen molar-refractivity contribution in [3.8, 4) is 0 Å². The maximum absolute atomic E-state index is 3.63. The highest BCUT2D eigenvalue weighted by molar-refractivity contribution is 7.99. The van der Waals surface area contributed by atoms with E-state index in [1.54, 1.807) is 0 Å². The van der Waals surface area contributed by atoms with Gasteiger partial charge in [0.15, 0.2) is 0 Å². The van der Waals surface area contributed by atoms with Crippen molar-refractivity contribution in [2.45, 2.75) is 64.7 Å². The first kappa shape index (κ1) is 15.3. The summed E-state index contributed by atoms with van der Waals surface area (Å²) in [5.74, 6) is 0.847. The first-order valence-electron chi connectivity index (χ1n) is 6.16. The van der Waals surface area contributed by atoms with Crippen LogP contribution in [0.4, 0.5) is 0 Å². The number of rotatable bonds is 8. The average molecular weight is 231 g/mol. The molecule has 0 aromatic heterocycles. The SMILES string of the molecule is CSC(C)(C)CNC(C)CCCC(C)C. The van der Waals surface area contributed by atoms with Gasteiger partial charge in [0.05, 0.1) is 0 Å². The molecule has 0 aliphatic carbocycles. The summed E-state index contributed by atoms with van der Waals surface area (Å²) >= 11 is 1.94. The fraction of sp³-hybridized carbons (Fsp3) is 1.00. The summed E-state index contributed by atoms with van der Waals surface area (Å²) in [6.45, 7) is 12.6. The highest BCUT2D eigenvalue weighted by Crippen LogP contribution is 2.20. The molecule has 0 heterocycles. The minimum Gasteiger partial charge on any atom is -0.313 e. The molecule has 2 heteroatoms. The summed E-state index contributed by atoms with van der Waals surface area (Å²) in [5.41, 5.74) is 0. The first-order valence-corrected chi connectivity index (χ1v) is 7.38. The van der Waals surface area contributed by atoms with Crippen LogP contribution in [0.25, 0.3) is 0 Å². The molecule has 0 saturated carbocycles. The van der Waals surface area contributed by atoms with E-state index in [4.69, 9.17) is 0 Å². The van der Waals surface area contributed by atoms with E-state index in [9.17, 15) is 0 Å². The second-order valence-electron chi connectivity index (χ2n) is 5.57. The Morgan fingerprint density at radius 1 is 1.13 bits per heavy atom. The second kappa shape index (κ2) is 7.56. The molecule has 0 fully saturated rings. The lowest BCUT2D eigenvalue weighted by atomic mass is 10.0. The molecule has 0 rings (SSSR count). The van der Waals surface area contributed by atoms with Gasteiger partial charge in [0, 0.05) is 17.3 Å². The van der Waals surface area contributed by atoms with Gasteiger partial charge in [-0.15, -0.1) is 0 Å². The highest BCUT2D eigenvalue weighted by atomic mass is 32.2. The first-order chi connectivity index (χ1) is 6.87. The van der Waals surface area contributed by atoms with E-state index in [2.05, 4.69) is 46.2 Å². The molecule has 1 atom stereocenters. The fourth-order valence-electron chi connectivity index (χ4n) is 1.43. The Bertz CT molecular complexity index is 155. The topological polar surface area (TPSA) is 12.0 Å². The number of thioether (sulfide) groups is 1. The van der Waals surface area contributed by atoms with Crippen molar-refractivity contribution < 1.29 is 0 Å². The minimum atomic E-state index is 0.367. The average Bonchev–Trinajstić information content (AvgIpc) is 2.14. The maximum atomic E-state index is 3.63. The van der Waals surface area contributed by atoms with Gasteiger partial charge in [0.2, 0.25) is 0 Å².